The maximum Gasteiger partial charge on any atom is 0.225 e. The molecule has 3 N–H and O–H groups in total. The molecule has 0 saturated heterocycles. The average molecular weight is 302 g/mol. The van der Waals surface area contributed by atoms with Crippen LogP contribution in [0.1, 0.15) is 12.0 Å². The number of carbonyl (C=O) groups excluding carboxylic acids is 1. The molecule has 0 spiro atoms. The Bertz CT molecular complexity index is 671. The molecule has 0 aliphatic carbocycles. The van der Waals surface area contributed by atoms with Gasteiger partial charge < -0.3 is 11.1 Å². The molecule has 1 unspecified atom stereocenters. The van der Waals surface area contributed by atoms with E-state index in [1.54, 1.807) is 24.3 Å². The lowest BCUT2D eigenvalue weighted by molar-refractivity contribution is -0.115. The second kappa shape index (κ2) is 7.04. The molecule has 0 aliphatic rings. The first kappa shape index (κ1) is 15.3. The zero-order chi connectivity index (χ0) is 15.2. The number of carbonyl (C=O) groups is 1. The molecule has 2 aromatic rings. The van der Waals surface area contributed by atoms with Crippen LogP contribution in [-0.4, -0.2) is 15.9 Å². The van der Waals surface area contributed by atoms with Gasteiger partial charge in [0.05, 0.1) is 10.8 Å². The number of hydrogen-bond acceptors (Lipinski definition) is 3. The summed E-state index contributed by atoms with van der Waals surface area (Å²) in [4.78, 5) is 12.6. The lowest BCUT2D eigenvalue weighted by Gasteiger charge is -2.06. The minimum absolute atomic E-state index is 0.165. The molecule has 21 heavy (non-hydrogen) atoms. The van der Waals surface area contributed by atoms with Crippen molar-refractivity contribution < 1.29 is 9.00 Å². The Morgan fingerprint density at radius 1 is 1.19 bits per heavy atom. The van der Waals surface area contributed by atoms with Gasteiger partial charge >= 0.3 is 0 Å². The van der Waals surface area contributed by atoms with Crippen molar-refractivity contribution in [2.75, 3.05) is 16.8 Å². The number of nitrogen functional groups attached to an aromatic ring is 1. The molecule has 0 saturated carbocycles. The zero-order valence-corrected chi connectivity index (χ0v) is 12.7. The Balaban J connectivity index is 1.88. The van der Waals surface area contributed by atoms with Crippen LogP contribution in [0.15, 0.2) is 53.4 Å². The molecule has 5 heteroatoms. The van der Waals surface area contributed by atoms with E-state index in [2.05, 4.69) is 5.32 Å². The Morgan fingerprint density at radius 2 is 1.95 bits per heavy atom. The van der Waals surface area contributed by atoms with E-state index in [1.807, 2.05) is 31.2 Å². The number of amides is 1. The Morgan fingerprint density at radius 3 is 2.67 bits per heavy atom. The van der Waals surface area contributed by atoms with E-state index < -0.39 is 10.8 Å². The normalized spacial score (nSPS) is 11.9. The van der Waals surface area contributed by atoms with Crippen molar-refractivity contribution in [2.24, 2.45) is 0 Å². The van der Waals surface area contributed by atoms with E-state index in [0.29, 0.717) is 17.1 Å². The van der Waals surface area contributed by atoms with E-state index >= 15 is 0 Å². The summed E-state index contributed by atoms with van der Waals surface area (Å²) in [6.45, 7) is 1.95. The largest absolute Gasteiger partial charge is 0.399 e. The minimum Gasteiger partial charge on any atom is -0.399 e. The number of anilines is 2. The summed E-state index contributed by atoms with van der Waals surface area (Å²) in [6, 6.07) is 14.5. The molecule has 0 bridgehead atoms. The van der Waals surface area contributed by atoms with Crippen LogP contribution in [0.5, 0.6) is 0 Å². The highest BCUT2D eigenvalue weighted by molar-refractivity contribution is 7.85. The highest BCUT2D eigenvalue weighted by Crippen LogP contribution is 2.13. The van der Waals surface area contributed by atoms with Crippen molar-refractivity contribution in [1.82, 2.24) is 0 Å². The van der Waals surface area contributed by atoms with Crippen LogP contribution in [0.25, 0.3) is 0 Å². The van der Waals surface area contributed by atoms with Gasteiger partial charge in [-0.1, -0.05) is 18.2 Å². The van der Waals surface area contributed by atoms with Crippen molar-refractivity contribution >= 4 is 28.1 Å². The topological polar surface area (TPSA) is 72.2 Å². The third-order valence-corrected chi connectivity index (χ3v) is 4.29. The van der Waals surface area contributed by atoms with Crippen LogP contribution in [0.3, 0.4) is 0 Å². The standard InChI is InChI=1S/C16H18N2O2S/c1-12-4-2-7-15(10-12)21(20)9-8-16(19)18-14-6-3-5-13(17)11-14/h2-7,10-11H,8-9,17H2,1H3,(H,18,19). The quantitative estimate of drug-likeness (QED) is 0.834. The van der Waals surface area contributed by atoms with Crippen LogP contribution in [0.2, 0.25) is 0 Å². The van der Waals surface area contributed by atoms with Gasteiger partial charge in [-0.3, -0.25) is 9.00 Å². The monoisotopic (exact) mass is 302 g/mol. The van der Waals surface area contributed by atoms with Gasteiger partial charge in [0.25, 0.3) is 0 Å². The first-order valence-corrected chi connectivity index (χ1v) is 7.97. The number of benzene rings is 2. The molecule has 110 valence electrons. The zero-order valence-electron chi connectivity index (χ0n) is 11.8. The van der Waals surface area contributed by atoms with Gasteiger partial charge in [-0.05, 0) is 42.8 Å². The molecular formula is C16H18N2O2S. The van der Waals surface area contributed by atoms with Gasteiger partial charge in [0, 0.05) is 28.4 Å². The Labute approximate surface area is 126 Å². The van der Waals surface area contributed by atoms with Crippen molar-refractivity contribution in [3.05, 3.63) is 54.1 Å². The predicted octanol–water partition coefficient (Wildman–Crippen LogP) is 2.71. The second-order valence-electron chi connectivity index (χ2n) is 4.79. The van der Waals surface area contributed by atoms with Gasteiger partial charge in [0.2, 0.25) is 5.91 Å². The van der Waals surface area contributed by atoms with E-state index in [1.165, 1.54) is 0 Å². The fraction of sp³-hybridized carbons (Fsp3) is 0.188. The number of aryl methyl sites for hydroxylation is 1. The highest BCUT2D eigenvalue weighted by Gasteiger charge is 2.08. The van der Waals surface area contributed by atoms with E-state index in [-0.39, 0.29) is 12.3 Å². The van der Waals surface area contributed by atoms with Gasteiger partial charge in [0.15, 0.2) is 0 Å². The molecule has 1 amide bonds. The lowest BCUT2D eigenvalue weighted by atomic mass is 10.2. The van der Waals surface area contributed by atoms with Crippen molar-refractivity contribution in [2.45, 2.75) is 18.2 Å². The maximum atomic E-state index is 12.1. The van der Waals surface area contributed by atoms with E-state index in [4.69, 9.17) is 5.73 Å². The molecule has 2 aromatic carbocycles. The molecule has 0 aliphatic heterocycles. The molecule has 1 atom stereocenters. The summed E-state index contributed by atoms with van der Waals surface area (Å²) >= 11 is 0. The van der Waals surface area contributed by atoms with Crippen LogP contribution in [0.4, 0.5) is 11.4 Å². The van der Waals surface area contributed by atoms with E-state index in [9.17, 15) is 9.00 Å². The number of nitrogens with two attached hydrogens (primary N) is 1. The fourth-order valence-electron chi connectivity index (χ4n) is 1.90. The molecule has 0 aromatic heterocycles. The maximum absolute atomic E-state index is 12.1. The summed E-state index contributed by atoms with van der Waals surface area (Å²) in [7, 11) is -1.16. The molecule has 0 fully saturated rings. The first-order chi connectivity index (χ1) is 10.0. The fourth-order valence-corrected chi connectivity index (χ4v) is 3.05. The van der Waals surface area contributed by atoms with Gasteiger partial charge in [-0.2, -0.15) is 0 Å². The number of nitrogens with one attached hydrogen (secondary N) is 1. The summed E-state index contributed by atoms with van der Waals surface area (Å²) in [5.74, 6) is 0.138. The van der Waals surface area contributed by atoms with E-state index in [0.717, 1.165) is 10.5 Å². The highest BCUT2D eigenvalue weighted by atomic mass is 32.2. The lowest BCUT2D eigenvalue weighted by Crippen LogP contribution is -2.15. The smallest absolute Gasteiger partial charge is 0.225 e. The van der Waals surface area contributed by atoms with Crippen molar-refractivity contribution in [3.8, 4) is 0 Å². The van der Waals surface area contributed by atoms with Crippen molar-refractivity contribution in [3.63, 3.8) is 0 Å². The minimum atomic E-state index is -1.16. The predicted molar refractivity (Wildman–Crippen MR) is 86.6 cm³/mol. The number of rotatable bonds is 5. The molecule has 0 radical (unpaired) electrons. The summed E-state index contributed by atoms with van der Waals surface area (Å²) in [5.41, 5.74) is 7.95. The summed E-state index contributed by atoms with van der Waals surface area (Å²) in [5, 5.41) is 2.75. The number of hydrogen-bond donors (Lipinski definition) is 2. The molecule has 0 heterocycles. The van der Waals surface area contributed by atoms with Crippen LogP contribution < -0.4 is 11.1 Å². The van der Waals surface area contributed by atoms with Gasteiger partial charge in [-0.25, -0.2) is 0 Å². The Hall–Kier alpha value is -2.14. The second-order valence-corrected chi connectivity index (χ2v) is 6.36. The van der Waals surface area contributed by atoms with Gasteiger partial charge in [-0.15, -0.1) is 0 Å². The molecular weight excluding hydrogens is 284 g/mol. The van der Waals surface area contributed by atoms with Gasteiger partial charge in [0.1, 0.15) is 0 Å². The SMILES string of the molecule is Cc1cccc(S(=O)CCC(=O)Nc2cccc(N)c2)c1. The average Bonchev–Trinajstić information content (AvgIpc) is 2.45. The summed E-state index contributed by atoms with van der Waals surface area (Å²) < 4.78 is 12.1. The third kappa shape index (κ3) is 4.72. The van der Waals surface area contributed by atoms with Crippen molar-refractivity contribution in [1.29, 1.82) is 0 Å². The Kier molecular flexibility index (Phi) is 5.11. The summed E-state index contributed by atoms with van der Waals surface area (Å²) in [6.07, 6.45) is 0.204. The third-order valence-electron chi connectivity index (χ3n) is 2.94. The molecule has 2 rings (SSSR count). The van der Waals surface area contributed by atoms with Crippen LogP contribution in [0, 0.1) is 6.92 Å². The van der Waals surface area contributed by atoms with Crippen LogP contribution >= 0.6 is 0 Å². The first-order valence-electron chi connectivity index (χ1n) is 6.65. The molecule has 4 nitrogen and oxygen atoms in total. The van der Waals surface area contributed by atoms with Crippen LogP contribution in [-0.2, 0) is 15.6 Å².